The highest BCUT2D eigenvalue weighted by Gasteiger charge is 2.33. The Labute approximate surface area is 161 Å². The molecule has 2 rings (SSSR count). The van der Waals surface area contributed by atoms with Crippen LogP contribution in [-0.2, 0) is 16.2 Å². The SMILES string of the molecule is Cc1ccc(C)c(S(=O)(=O)NCCNC(=O)c2ccc(C(F)(F)F)nc2C)c1. The molecule has 0 saturated carbocycles. The number of nitrogens with one attached hydrogen (secondary N) is 2. The summed E-state index contributed by atoms with van der Waals surface area (Å²) in [5.74, 6) is -0.635. The third-order valence-electron chi connectivity index (χ3n) is 3.96. The van der Waals surface area contributed by atoms with Gasteiger partial charge in [0.25, 0.3) is 5.91 Å². The first-order valence-electron chi connectivity index (χ1n) is 8.32. The van der Waals surface area contributed by atoms with Gasteiger partial charge in [0.1, 0.15) is 5.69 Å². The lowest BCUT2D eigenvalue weighted by atomic mass is 10.1. The number of amides is 1. The molecule has 1 amide bonds. The van der Waals surface area contributed by atoms with Crippen LogP contribution in [0.4, 0.5) is 13.2 Å². The van der Waals surface area contributed by atoms with Crippen LogP contribution in [0.5, 0.6) is 0 Å². The number of aromatic nitrogens is 1. The van der Waals surface area contributed by atoms with Crippen LogP contribution in [0, 0.1) is 20.8 Å². The van der Waals surface area contributed by atoms with Gasteiger partial charge in [0.2, 0.25) is 10.0 Å². The number of hydrogen-bond donors (Lipinski definition) is 2. The maximum Gasteiger partial charge on any atom is 0.433 e. The molecule has 0 unspecified atom stereocenters. The molecule has 0 atom stereocenters. The predicted molar refractivity (Wildman–Crippen MR) is 97.4 cm³/mol. The molecule has 0 aliphatic heterocycles. The first-order valence-corrected chi connectivity index (χ1v) is 9.80. The second-order valence-corrected chi connectivity index (χ2v) is 7.99. The van der Waals surface area contributed by atoms with Crippen LogP contribution in [0.1, 0.15) is 32.9 Å². The summed E-state index contributed by atoms with van der Waals surface area (Å²) in [6.45, 7) is 4.64. The van der Waals surface area contributed by atoms with Gasteiger partial charge in [-0.25, -0.2) is 18.1 Å². The zero-order chi connectivity index (χ0) is 21.1. The average molecular weight is 415 g/mol. The molecule has 0 fully saturated rings. The molecule has 10 heteroatoms. The van der Waals surface area contributed by atoms with Crippen molar-refractivity contribution in [3.8, 4) is 0 Å². The number of nitrogens with zero attached hydrogens (tertiary/aromatic N) is 1. The van der Waals surface area contributed by atoms with Crippen molar-refractivity contribution in [1.29, 1.82) is 0 Å². The summed E-state index contributed by atoms with van der Waals surface area (Å²) in [7, 11) is -3.74. The zero-order valence-corrected chi connectivity index (χ0v) is 16.3. The smallest absolute Gasteiger partial charge is 0.351 e. The minimum absolute atomic E-state index is 0.00890. The molecule has 1 aromatic carbocycles. The third kappa shape index (κ3) is 5.29. The average Bonchev–Trinajstić information content (AvgIpc) is 2.59. The van der Waals surface area contributed by atoms with Crippen molar-refractivity contribution in [3.63, 3.8) is 0 Å². The lowest BCUT2D eigenvalue weighted by molar-refractivity contribution is -0.141. The van der Waals surface area contributed by atoms with E-state index in [1.165, 1.54) is 6.92 Å². The van der Waals surface area contributed by atoms with Gasteiger partial charge in [-0.2, -0.15) is 13.2 Å². The lowest BCUT2D eigenvalue weighted by Crippen LogP contribution is -2.35. The van der Waals surface area contributed by atoms with Crippen molar-refractivity contribution in [3.05, 3.63) is 58.4 Å². The first-order chi connectivity index (χ1) is 12.9. The van der Waals surface area contributed by atoms with Gasteiger partial charge in [-0.1, -0.05) is 12.1 Å². The van der Waals surface area contributed by atoms with Crippen LogP contribution < -0.4 is 10.0 Å². The molecule has 2 N–H and O–H groups in total. The maximum atomic E-state index is 12.6. The molecule has 1 aromatic heterocycles. The number of benzene rings is 1. The Morgan fingerprint density at radius 1 is 1.07 bits per heavy atom. The normalized spacial score (nSPS) is 12.1. The summed E-state index contributed by atoms with van der Waals surface area (Å²) in [6.07, 6.45) is -4.59. The van der Waals surface area contributed by atoms with E-state index in [9.17, 15) is 26.4 Å². The van der Waals surface area contributed by atoms with Crippen LogP contribution in [0.15, 0.2) is 35.2 Å². The van der Waals surface area contributed by atoms with E-state index in [0.29, 0.717) is 5.56 Å². The van der Waals surface area contributed by atoms with Crippen molar-refractivity contribution in [2.24, 2.45) is 0 Å². The van der Waals surface area contributed by atoms with Gasteiger partial charge in [-0.3, -0.25) is 4.79 Å². The quantitative estimate of drug-likeness (QED) is 0.710. The molecule has 6 nitrogen and oxygen atoms in total. The Balaban J connectivity index is 1.96. The molecule has 2 aromatic rings. The summed E-state index contributed by atoms with van der Waals surface area (Å²) in [4.78, 5) is 15.7. The monoisotopic (exact) mass is 415 g/mol. The van der Waals surface area contributed by atoms with E-state index < -0.39 is 27.8 Å². The molecule has 152 valence electrons. The molecule has 0 aliphatic carbocycles. The number of carbonyl (C=O) groups excluding carboxylic acids is 1. The fourth-order valence-electron chi connectivity index (χ4n) is 2.49. The van der Waals surface area contributed by atoms with Crippen molar-refractivity contribution < 1.29 is 26.4 Å². The standard InChI is InChI=1S/C18H20F3N3O3S/c1-11-4-5-12(2)15(10-11)28(26,27)23-9-8-22-17(25)14-6-7-16(18(19,20)21)24-13(14)3/h4-7,10,23H,8-9H2,1-3H3,(H,22,25). The van der Waals surface area contributed by atoms with E-state index in [4.69, 9.17) is 0 Å². The van der Waals surface area contributed by atoms with E-state index in [-0.39, 0.29) is 29.2 Å². The number of pyridine rings is 1. The summed E-state index contributed by atoms with van der Waals surface area (Å²) < 4.78 is 65.0. The second-order valence-electron chi connectivity index (χ2n) is 6.25. The minimum Gasteiger partial charge on any atom is -0.351 e. The maximum absolute atomic E-state index is 12.6. The Bertz CT molecular complexity index is 989. The van der Waals surface area contributed by atoms with Crippen molar-refractivity contribution in [1.82, 2.24) is 15.0 Å². The Morgan fingerprint density at radius 2 is 1.75 bits per heavy atom. The van der Waals surface area contributed by atoms with Crippen LogP contribution in [0.3, 0.4) is 0 Å². The fraction of sp³-hybridized carbons (Fsp3) is 0.333. The molecule has 0 spiro atoms. The number of hydrogen-bond acceptors (Lipinski definition) is 4. The Kier molecular flexibility index (Phi) is 6.45. The first kappa shape index (κ1) is 21.8. The van der Waals surface area contributed by atoms with Gasteiger partial charge in [0.15, 0.2) is 0 Å². The van der Waals surface area contributed by atoms with Crippen LogP contribution in [0.2, 0.25) is 0 Å². The number of aryl methyl sites for hydroxylation is 3. The molecule has 0 aliphatic rings. The van der Waals surface area contributed by atoms with Gasteiger partial charge in [0, 0.05) is 13.1 Å². The third-order valence-corrected chi connectivity index (χ3v) is 5.56. The second kappa shape index (κ2) is 8.27. The molecular formula is C18H20F3N3O3S. The number of halogens is 3. The van der Waals surface area contributed by atoms with Crippen LogP contribution >= 0.6 is 0 Å². The molecule has 0 radical (unpaired) electrons. The summed E-state index contributed by atoms with van der Waals surface area (Å²) in [6, 6.07) is 6.82. The lowest BCUT2D eigenvalue weighted by Gasteiger charge is -2.12. The van der Waals surface area contributed by atoms with Crippen molar-refractivity contribution in [2.45, 2.75) is 31.8 Å². The Morgan fingerprint density at radius 3 is 2.36 bits per heavy atom. The molecule has 28 heavy (non-hydrogen) atoms. The highest BCUT2D eigenvalue weighted by Crippen LogP contribution is 2.28. The summed E-state index contributed by atoms with van der Waals surface area (Å²) >= 11 is 0. The van der Waals surface area contributed by atoms with Gasteiger partial charge in [-0.15, -0.1) is 0 Å². The predicted octanol–water partition coefficient (Wildman–Crippen LogP) is 2.73. The molecular weight excluding hydrogens is 395 g/mol. The molecule has 1 heterocycles. The number of sulfonamides is 1. The Hall–Kier alpha value is -2.46. The highest BCUT2D eigenvalue weighted by atomic mass is 32.2. The number of rotatable bonds is 6. The number of carbonyl (C=O) groups is 1. The summed E-state index contributed by atoms with van der Waals surface area (Å²) in [5, 5.41) is 2.46. The van der Waals surface area contributed by atoms with Gasteiger partial charge in [0.05, 0.1) is 16.2 Å². The summed E-state index contributed by atoms with van der Waals surface area (Å²) in [5.41, 5.74) is 0.231. The van der Waals surface area contributed by atoms with Crippen LogP contribution in [-0.4, -0.2) is 32.4 Å². The highest BCUT2D eigenvalue weighted by molar-refractivity contribution is 7.89. The largest absolute Gasteiger partial charge is 0.433 e. The molecule has 0 bridgehead atoms. The van der Waals surface area contributed by atoms with E-state index in [1.807, 2.05) is 0 Å². The van der Waals surface area contributed by atoms with Gasteiger partial charge < -0.3 is 5.32 Å². The minimum atomic E-state index is -4.59. The molecule has 0 saturated heterocycles. The van der Waals surface area contributed by atoms with Crippen LogP contribution in [0.25, 0.3) is 0 Å². The van der Waals surface area contributed by atoms with E-state index >= 15 is 0 Å². The van der Waals surface area contributed by atoms with Gasteiger partial charge in [-0.05, 0) is 50.1 Å². The zero-order valence-electron chi connectivity index (χ0n) is 15.5. The topological polar surface area (TPSA) is 88.2 Å². The van der Waals surface area contributed by atoms with Crippen molar-refractivity contribution >= 4 is 15.9 Å². The fourth-order valence-corrected chi connectivity index (χ4v) is 3.85. The van der Waals surface area contributed by atoms with Gasteiger partial charge >= 0.3 is 6.18 Å². The van der Waals surface area contributed by atoms with E-state index in [2.05, 4.69) is 15.0 Å². The van der Waals surface area contributed by atoms with Crippen molar-refractivity contribution in [2.75, 3.05) is 13.1 Å². The van der Waals surface area contributed by atoms with E-state index in [1.54, 1.807) is 32.0 Å². The number of alkyl halides is 3. The van der Waals surface area contributed by atoms with E-state index in [0.717, 1.165) is 17.7 Å².